The van der Waals surface area contributed by atoms with E-state index in [2.05, 4.69) is 42.5 Å². The van der Waals surface area contributed by atoms with Crippen molar-refractivity contribution in [2.24, 2.45) is 5.92 Å². The number of alkyl halides is 2. The molecule has 2 atom stereocenters. The zero-order valence-corrected chi connectivity index (χ0v) is 20.4. The molecule has 5 heterocycles. The molecule has 35 heavy (non-hydrogen) atoms. The molecule has 2 N–H and O–H groups in total. The number of piperazine rings is 1. The van der Waals surface area contributed by atoms with Gasteiger partial charge >= 0.3 is 0 Å². The van der Waals surface area contributed by atoms with Gasteiger partial charge in [0, 0.05) is 80.8 Å². The third kappa shape index (κ3) is 4.76. The van der Waals surface area contributed by atoms with Gasteiger partial charge in [-0.1, -0.05) is 11.8 Å². The molecule has 0 bridgehead atoms. The lowest BCUT2D eigenvalue weighted by Crippen LogP contribution is -2.45. The monoisotopic (exact) mass is 499 g/mol. The third-order valence-corrected chi connectivity index (χ3v) is 7.81. The Hall–Kier alpha value is -2.99. The predicted octanol–water partition coefficient (Wildman–Crippen LogP) is 3.74. The van der Waals surface area contributed by atoms with E-state index in [1.807, 2.05) is 31.5 Å². The fourth-order valence-corrected chi connectivity index (χ4v) is 5.43. The highest BCUT2D eigenvalue weighted by Gasteiger charge is 2.56. The number of rotatable bonds is 6. The van der Waals surface area contributed by atoms with Crippen LogP contribution in [0.1, 0.15) is 23.1 Å². The molecule has 1 saturated heterocycles. The van der Waals surface area contributed by atoms with Crippen molar-refractivity contribution in [3.05, 3.63) is 42.0 Å². The molecule has 9 nitrogen and oxygen atoms in total. The SMILES string of the molecule is Cc1cc(Nc2cc3c(cn2)SC(c2cnn(CC4CC4(F)F)c2)N3)nc(N2CCN(C)CC2)n1. The minimum atomic E-state index is -2.54. The Morgan fingerprint density at radius 2 is 1.94 bits per heavy atom. The first kappa shape index (κ1) is 22.5. The number of hydrogen-bond acceptors (Lipinski definition) is 9. The van der Waals surface area contributed by atoms with Crippen molar-refractivity contribution in [1.29, 1.82) is 0 Å². The summed E-state index contributed by atoms with van der Waals surface area (Å²) < 4.78 is 28.1. The summed E-state index contributed by atoms with van der Waals surface area (Å²) in [4.78, 5) is 19.5. The van der Waals surface area contributed by atoms with Crippen LogP contribution in [0.3, 0.4) is 0 Å². The normalized spacial score (nSPS) is 23.1. The van der Waals surface area contributed by atoms with E-state index < -0.39 is 11.8 Å². The third-order valence-electron chi connectivity index (χ3n) is 6.60. The maximum atomic E-state index is 13.2. The Labute approximate surface area is 206 Å². The molecule has 0 aromatic carbocycles. The van der Waals surface area contributed by atoms with Crippen LogP contribution < -0.4 is 15.5 Å². The Morgan fingerprint density at radius 1 is 1.14 bits per heavy atom. The van der Waals surface area contributed by atoms with Gasteiger partial charge in [-0.05, 0) is 14.0 Å². The molecule has 1 saturated carbocycles. The molecule has 1 aliphatic carbocycles. The number of aryl methyl sites for hydroxylation is 1. The molecule has 2 unspecified atom stereocenters. The molecule has 3 aromatic heterocycles. The molecule has 184 valence electrons. The molecule has 6 rings (SSSR count). The van der Waals surface area contributed by atoms with E-state index in [4.69, 9.17) is 4.98 Å². The molecule has 2 aliphatic heterocycles. The minimum absolute atomic E-state index is 0.0411. The van der Waals surface area contributed by atoms with Crippen molar-refractivity contribution in [3.8, 4) is 0 Å². The number of hydrogen-bond donors (Lipinski definition) is 2. The predicted molar refractivity (Wildman–Crippen MR) is 132 cm³/mol. The second-order valence-corrected chi connectivity index (χ2v) is 10.6. The first-order valence-corrected chi connectivity index (χ1v) is 12.6. The number of thioether (sulfide) groups is 1. The summed E-state index contributed by atoms with van der Waals surface area (Å²) in [6, 6.07) is 3.88. The van der Waals surface area contributed by atoms with Crippen LogP contribution in [-0.4, -0.2) is 68.8 Å². The highest BCUT2D eigenvalue weighted by Crippen LogP contribution is 2.50. The Bertz CT molecular complexity index is 1240. The van der Waals surface area contributed by atoms with Crippen LogP contribution >= 0.6 is 11.8 Å². The minimum Gasteiger partial charge on any atom is -0.368 e. The second kappa shape index (κ2) is 8.59. The maximum Gasteiger partial charge on any atom is 0.253 e. The molecule has 0 radical (unpaired) electrons. The standard InChI is InChI=1S/C23H27F2N9S/c1-14-7-20(31-22(28-14)33-5-3-32(2)4-6-33)30-19-8-17-18(11-26-19)35-21(29-17)15-10-27-34(12-15)13-16-9-23(16,24)25/h7-8,10-12,16,21,29H,3-6,9,13H2,1-2H3,(H,26,28,30,31). The van der Waals surface area contributed by atoms with Crippen molar-refractivity contribution in [3.63, 3.8) is 0 Å². The Morgan fingerprint density at radius 3 is 2.71 bits per heavy atom. The van der Waals surface area contributed by atoms with Crippen LogP contribution in [0.5, 0.6) is 0 Å². The van der Waals surface area contributed by atoms with Gasteiger partial charge in [-0.15, -0.1) is 0 Å². The Kier molecular flexibility index (Phi) is 5.52. The molecule has 12 heteroatoms. The van der Waals surface area contributed by atoms with Crippen LogP contribution in [0, 0.1) is 12.8 Å². The molecular weight excluding hydrogens is 472 g/mol. The molecule has 0 spiro atoms. The summed E-state index contributed by atoms with van der Waals surface area (Å²) in [6.45, 7) is 6.00. The van der Waals surface area contributed by atoms with Crippen molar-refractivity contribution in [1.82, 2.24) is 29.6 Å². The van der Waals surface area contributed by atoms with Crippen molar-refractivity contribution in [2.75, 3.05) is 48.8 Å². The zero-order chi connectivity index (χ0) is 24.2. The number of halogens is 2. The second-order valence-electron chi connectivity index (χ2n) is 9.48. The van der Waals surface area contributed by atoms with Crippen LogP contribution in [0.2, 0.25) is 0 Å². The maximum absolute atomic E-state index is 13.2. The average Bonchev–Trinajstić information content (AvgIpc) is 3.17. The van der Waals surface area contributed by atoms with Gasteiger partial charge in [-0.2, -0.15) is 10.1 Å². The van der Waals surface area contributed by atoms with E-state index in [1.54, 1.807) is 22.6 Å². The molecular formula is C23H27F2N9S. The number of likely N-dealkylation sites (N-methyl/N-ethyl adjacent to an activating group) is 1. The number of aromatic nitrogens is 5. The lowest BCUT2D eigenvalue weighted by Gasteiger charge is -2.32. The van der Waals surface area contributed by atoms with Crippen LogP contribution in [0.15, 0.2) is 35.6 Å². The van der Waals surface area contributed by atoms with Crippen LogP contribution in [-0.2, 0) is 6.54 Å². The average molecular weight is 500 g/mol. The zero-order valence-electron chi connectivity index (χ0n) is 19.6. The molecule has 0 amide bonds. The number of pyridine rings is 1. The largest absolute Gasteiger partial charge is 0.368 e. The van der Waals surface area contributed by atoms with Gasteiger partial charge in [0.15, 0.2) is 0 Å². The van der Waals surface area contributed by atoms with E-state index in [1.165, 1.54) is 0 Å². The summed E-state index contributed by atoms with van der Waals surface area (Å²) in [6.07, 6.45) is 5.38. The van der Waals surface area contributed by atoms with Gasteiger partial charge in [0.1, 0.15) is 17.0 Å². The first-order valence-electron chi connectivity index (χ1n) is 11.7. The van der Waals surface area contributed by atoms with E-state index in [9.17, 15) is 8.78 Å². The lowest BCUT2D eigenvalue weighted by molar-refractivity contribution is 0.0942. The van der Waals surface area contributed by atoms with Crippen LogP contribution in [0.25, 0.3) is 0 Å². The van der Waals surface area contributed by atoms with Crippen molar-refractivity contribution < 1.29 is 8.78 Å². The summed E-state index contributed by atoms with van der Waals surface area (Å²) in [5.74, 6) is -1.01. The smallest absolute Gasteiger partial charge is 0.253 e. The fraction of sp³-hybridized carbons (Fsp3) is 0.478. The highest BCUT2D eigenvalue weighted by molar-refractivity contribution is 8.00. The quantitative estimate of drug-likeness (QED) is 0.527. The van der Waals surface area contributed by atoms with Gasteiger partial charge in [0.2, 0.25) is 5.95 Å². The number of nitrogens with one attached hydrogen (secondary N) is 2. The van der Waals surface area contributed by atoms with Gasteiger partial charge in [-0.25, -0.2) is 18.7 Å². The van der Waals surface area contributed by atoms with Crippen molar-refractivity contribution in [2.45, 2.75) is 36.1 Å². The van der Waals surface area contributed by atoms with E-state index in [0.717, 1.165) is 54.0 Å². The van der Waals surface area contributed by atoms with Gasteiger partial charge in [0.25, 0.3) is 5.92 Å². The van der Waals surface area contributed by atoms with Gasteiger partial charge in [0.05, 0.1) is 16.8 Å². The highest BCUT2D eigenvalue weighted by atomic mass is 32.2. The number of anilines is 4. The van der Waals surface area contributed by atoms with Crippen molar-refractivity contribution >= 4 is 35.0 Å². The van der Waals surface area contributed by atoms with Gasteiger partial charge < -0.3 is 20.4 Å². The number of fused-ring (bicyclic) bond motifs is 1. The summed E-state index contributed by atoms with van der Waals surface area (Å²) in [7, 11) is 2.12. The molecule has 3 aliphatic rings. The molecule has 3 aromatic rings. The molecule has 2 fully saturated rings. The van der Waals surface area contributed by atoms with E-state index >= 15 is 0 Å². The topological polar surface area (TPSA) is 87.0 Å². The first-order chi connectivity index (χ1) is 16.8. The van der Waals surface area contributed by atoms with Crippen LogP contribution in [0.4, 0.5) is 32.1 Å². The Balaban J connectivity index is 1.13. The lowest BCUT2D eigenvalue weighted by atomic mass is 10.3. The van der Waals surface area contributed by atoms with E-state index in [0.29, 0.717) is 11.6 Å². The fourth-order valence-electron chi connectivity index (χ4n) is 4.37. The van der Waals surface area contributed by atoms with E-state index in [-0.39, 0.29) is 18.3 Å². The number of nitrogens with zero attached hydrogens (tertiary/aromatic N) is 7. The van der Waals surface area contributed by atoms with Gasteiger partial charge in [-0.3, -0.25) is 4.68 Å². The summed E-state index contributed by atoms with van der Waals surface area (Å²) >= 11 is 1.64. The summed E-state index contributed by atoms with van der Waals surface area (Å²) in [5.41, 5.74) is 2.81. The summed E-state index contributed by atoms with van der Waals surface area (Å²) in [5, 5.41) is 11.1.